The van der Waals surface area contributed by atoms with Crippen LogP contribution in [0.3, 0.4) is 0 Å². The third-order valence-corrected chi connectivity index (χ3v) is 1.75. The SMILES string of the molecule is CC(C)CCN(C)CC(C)(C)O. The highest BCUT2D eigenvalue weighted by atomic mass is 16.3. The lowest BCUT2D eigenvalue weighted by atomic mass is 10.1. The van der Waals surface area contributed by atoms with Gasteiger partial charge in [-0.15, -0.1) is 0 Å². The van der Waals surface area contributed by atoms with Gasteiger partial charge in [0.2, 0.25) is 0 Å². The lowest BCUT2D eigenvalue weighted by molar-refractivity contribution is 0.0434. The zero-order valence-electron chi connectivity index (χ0n) is 9.09. The lowest BCUT2D eigenvalue weighted by Gasteiger charge is -2.25. The molecular formula is C10H23NO. The van der Waals surface area contributed by atoms with E-state index in [2.05, 4.69) is 25.8 Å². The van der Waals surface area contributed by atoms with Gasteiger partial charge in [0.1, 0.15) is 0 Å². The normalized spacial score (nSPS) is 13.0. The lowest BCUT2D eigenvalue weighted by Crippen LogP contribution is -2.36. The van der Waals surface area contributed by atoms with Crippen LogP contribution >= 0.6 is 0 Å². The molecule has 2 heteroatoms. The molecule has 2 nitrogen and oxygen atoms in total. The molecule has 0 amide bonds. The summed E-state index contributed by atoms with van der Waals surface area (Å²) in [6.45, 7) is 9.95. The van der Waals surface area contributed by atoms with Gasteiger partial charge >= 0.3 is 0 Å². The van der Waals surface area contributed by atoms with Crippen molar-refractivity contribution in [3.8, 4) is 0 Å². The zero-order valence-corrected chi connectivity index (χ0v) is 9.09. The van der Waals surface area contributed by atoms with Crippen molar-refractivity contribution in [1.82, 2.24) is 4.90 Å². The van der Waals surface area contributed by atoms with E-state index in [-0.39, 0.29) is 0 Å². The summed E-state index contributed by atoms with van der Waals surface area (Å²) in [5, 5.41) is 9.51. The molecular weight excluding hydrogens is 150 g/mol. The molecule has 0 saturated carbocycles. The third-order valence-electron chi connectivity index (χ3n) is 1.75. The molecule has 0 aromatic carbocycles. The van der Waals surface area contributed by atoms with Crippen LogP contribution in [0, 0.1) is 5.92 Å². The average Bonchev–Trinajstić information content (AvgIpc) is 1.79. The molecule has 0 atom stereocenters. The second-order valence-electron chi connectivity index (χ2n) is 4.73. The predicted octanol–water partition coefficient (Wildman–Crippen LogP) is 1.74. The molecule has 12 heavy (non-hydrogen) atoms. The van der Waals surface area contributed by atoms with Crippen LogP contribution < -0.4 is 0 Å². The second-order valence-corrected chi connectivity index (χ2v) is 4.73. The predicted molar refractivity (Wildman–Crippen MR) is 53.2 cm³/mol. The maximum absolute atomic E-state index is 9.51. The number of aliphatic hydroxyl groups is 1. The summed E-state index contributed by atoms with van der Waals surface area (Å²) >= 11 is 0. The Labute approximate surface area is 76.6 Å². The topological polar surface area (TPSA) is 23.5 Å². The fourth-order valence-electron chi connectivity index (χ4n) is 1.22. The maximum atomic E-state index is 9.51. The first kappa shape index (κ1) is 11.9. The maximum Gasteiger partial charge on any atom is 0.0718 e. The fourth-order valence-corrected chi connectivity index (χ4v) is 1.22. The van der Waals surface area contributed by atoms with Gasteiger partial charge in [0.05, 0.1) is 5.60 Å². The third kappa shape index (κ3) is 8.02. The first-order valence-corrected chi connectivity index (χ1v) is 4.72. The van der Waals surface area contributed by atoms with E-state index in [1.54, 1.807) is 0 Å². The summed E-state index contributed by atoms with van der Waals surface area (Å²) in [4.78, 5) is 2.18. The quantitative estimate of drug-likeness (QED) is 0.684. The highest BCUT2D eigenvalue weighted by Gasteiger charge is 2.15. The number of likely N-dealkylation sites (N-methyl/N-ethyl adjacent to an activating group) is 1. The average molecular weight is 173 g/mol. The molecule has 0 aromatic heterocycles. The molecule has 0 bridgehead atoms. The number of hydrogen-bond acceptors (Lipinski definition) is 2. The number of rotatable bonds is 5. The molecule has 1 N–H and O–H groups in total. The van der Waals surface area contributed by atoms with Crippen molar-refractivity contribution >= 4 is 0 Å². The van der Waals surface area contributed by atoms with Crippen LogP contribution in [0.1, 0.15) is 34.1 Å². The van der Waals surface area contributed by atoms with Crippen LogP contribution in [-0.4, -0.2) is 35.7 Å². The Kier molecular flexibility index (Phi) is 4.80. The second kappa shape index (κ2) is 4.83. The Morgan fingerprint density at radius 2 is 1.83 bits per heavy atom. The van der Waals surface area contributed by atoms with E-state index in [9.17, 15) is 5.11 Å². The van der Waals surface area contributed by atoms with Gasteiger partial charge in [-0.2, -0.15) is 0 Å². The van der Waals surface area contributed by atoms with Gasteiger partial charge in [0.25, 0.3) is 0 Å². The monoisotopic (exact) mass is 173 g/mol. The van der Waals surface area contributed by atoms with Crippen LogP contribution in [0.5, 0.6) is 0 Å². The largest absolute Gasteiger partial charge is 0.389 e. The van der Waals surface area contributed by atoms with Gasteiger partial charge in [-0.3, -0.25) is 0 Å². The standard InChI is InChI=1S/C10H23NO/c1-9(2)6-7-11(5)8-10(3,4)12/h9,12H,6-8H2,1-5H3. The smallest absolute Gasteiger partial charge is 0.0718 e. The zero-order chi connectivity index (χ0) is 9.78. The Morgan fingerprint density at radius 1 is 1.33 bits per heavy atom. The molecule has 0 aromatic rings. The molecule has 0 aliphatic rings. The Bertz CT molecular complexity index is 115. The molecule has 0 unspecified atom stereocenters. The van der Waals surface area contributed by atoms with Gasteiger partial charge in [-0.1, -0.05) is 13.8 Å². The summed E-state index contributed by atoms with van der Waals surface area (Å²) in [6.07, 6.45) is 1.20. The van der Waals surface area contributed by atoms with Gasteiger partial charge in [0.15, 0.2) is 0 Å². The number of hydrogen-bond donors (Lipinski definition) is 1. The molecule has 0 aliphatic carbocycles. The highest BCUT2D eigenvalue weighted by Crippen LogP contribution is 2.06. The minimum atomic E-state index is -0.564. The fraction of sp³-hybridized carbons (Fsp3) is 1.00. The van der Waals surface area contributed by atoms with Gasteiger partial charge in [-0.05, 0) is 39.8 Å². The Balaban J connectivity index is 3.53. The first-order chi connectivity index (χ1) is 5.31. The molecule has 0 fully saturated rings. The van der Waals surface area contributed by atoms with Crippen LogP contribution in [0.15, 0.2) is 0 Å². The van der Waals surface area contributed by atoms with E-state index in [1.165, 1.54) is 6.42 Å². The molecule has 0 saturated heterocycles. The molecule has 0 aliphatic heterocycles. The van der Waals surface area contributed by atoms with E-state index >= 15 is 0 Å². The summed E-state index contributed by atoms with van der Waals surface area (Å²) < 4.78 is 0. The van der Waals surface area contributed by atoms with Crippen molar-refractivity contribution in [1.29, 1.82) is 0 Å². The Hall–Kier alpha value is -0.0800. The van der Waals surface area contributed by atoms with Crippen molar-refractivity contribution in [2.75, 3.05) is 20.1 Å². The molecule has 0 radical (unpaired) electrons. The van der Waals surface area contributed by atoms with E-state index < -0.39 is 5.60 Å². The summed E-state index contributed by atoms with van der Waals surface area (Å²) in [5.74, 6) is 0.745. The molecule has 0 rings (SSSR count). The van der Waals surface area contributed by atoms with Crippen LogP contribution in [0.25, 0.3) is 0 Å². The first-order valence-electron chi connectivity index (χ1n) is 4.72. The van der Waals surface area contributed by atoms with Crippen LogP contribution in [0.4, 0.5) is 0 Å². The van der Waals surface area contributed by atoms with E-state index in [0.717, 1.165) is 19.0 Å². The van der Waals surface area contributed by atoms with E-state index in [0.29, 0.717) is 0 Å². The van der Waals surface area contributed by atoms with E-state index in [4.69, 9.17) is 0 Å². The van der Waals surface area contributed by atoms with Crippen LogP contribution in [-0.2, 0) is 0 Å². The van der Waals surface area contributed by atoms with Gasteiger partial charge < -0.3 is 10.0 Å². The van der Waals surface area contributed by atoms with Gasteiger partial charge in [0, 0.05) is 6.54 Å². The van der Waals surface area contributed by atoms with Crippen molar-refractivity contribution in [2.24, 2.45) is 5.92 Å². The molecule has 0 spiro atoms. The minimum Gasteiger partial charge on any atom is -0.389 e. The summed E-state index contributed by atoms with van der Waals surface area (Å²) in [7, 11) is 2.06. The summed E-state index contributed by atoms with van der Waals surface area (Å²) in [6, 6.07) is 0. The minimum absolute atomic E-state index is 0.564. The summed E-state index contributed by atoms with van der Waals surface area (Å²) in [5.41, 5.74) is -0.564. The Morgan fingerprint density at radius 3 is 2.17 bits per heavy atom. The van der Waals surface area contributed by atoms with Crippen molar-refractivity contribution in [3.63, 3.8) is 0 Å². The van der Waals surface area contributed by atoms with E-state index in [1.807, 2.05) is 13.8 Å². The van der Waals surface area contributed by atoms with Crippen molar-refractivity contribution < 1.29 is 5.11 Å². The van der Waals surface area contributed by atoms with Crippen LogP contribution in [0.2, 0.25) is 0 Å². The van der Waals surface area contributed by atoms with Crippen molar-refractivity contribution in [2.45, 2.75) is 39.7 Å². The highest BCUT2D eigenvalue weighted by molar-refractivity contribution is 4.69. The number of nitrogens with zero attached hydrogens (tertiary/aromatic N) is 1. The van der Waals surface area contributed by atoms with Crippen molar-refractivity contribution in [3.05, 3.63) is 0 Å². The molecule has 74 valence electrons. The van der Waals surface area contributed by atoms with Gasteiger partial charge in [-0.25, -0.2) is 0 Å². The molecule has 0 heterocycles.